The van der Waals surface area contributed by atoms with E-state index in [1.165, 1.54) is 0 Å². The van der Waals surface area contributed by atoms with Gasteiger partial charge in [0, 0.05) is 36.2 Å². The van der Waals surface area contributed by atoms with Crippen molar-refractivity contribution in [2.45, 2.75) is 56.5 Å². The normalized spacial score (nSPS) is 23.1. The average molecular weight is 513 g/mol. The minimum Gasteiger partial charge on any atom is -0.382 e. The standard InChI is InChI=1S/C28H31F3N4O2/c29-28(30,31)26-16-24(22-11-4-5-12-23(22)34-26)32-20-9-6-10-21(15-20)33-27(36)25-18-37-14-13-35(25)17-19-7-2-1-3-8-19/h1-5,7-8,11-12,16,20-21,25H,6,9-10,13-15,17-18H2,(H,32,34)(H,33,36)/t20-,21+,25?/m0/s1. The molecular formula is C28H31F3N4O2. The molecule has 37 heavy (non-hydrogen) atoms. The van der Waals surface area contributed by atoms with E-state index >= 15 is 0 Å². The number of para-hydroxylation sites is 1. The molecule has 196 valence electrons. The van der Waals surface area contributed by atoms with Crippen molar-refractivity contribution in [2.75, 3.05) is 25.1 Å². The van der Waals surface area contributed by atoms with Crippen molar-refractivity contribution < 1.29 is 22.7 Å². The minimum absolute atomic E-state index is 0.0602. The summed E-state index contributed by atoms with van der Waals surface area (Å²) in [7, 11) is 0. The van der Waals surface area contributed by atoms with Gasteiger partial charge < -0.3 is 15.4 Å². The van der Waals surface area contributed by atoms with E-state index in [0.717, 1.165) is 30.9 Å². The summed E-state index contributed by atoms with van der Waals surface area (Å²) in [6.45, 7) is 2.29. The molecule has 1 saturated heterocycles. The smallest absolute Gasteiger partial charge is 0.382 e. The van der Waals surface area contributed by atoms with Crippen molar-refractivity contribution >= 4 is 22.5 Å². The lowest BCUT2D eigenvalue weighted by atomic mass is 9.90. The number of amides is 1. The van der Waals surface area contributed by atoms with E-state index in [1.54, 1.807) is 24.3 Å². The monoisotopic (exact) mass is 512 g/mol. The average Bonchev–Trinajstić information content (AvgIpc) is 2.89. The molecule has 2 fully saturated rings. The number of morpholine rings is 1. The van der Waals surface area contributed by atoms with Crippen molar-refractivity contribution in [3.8, 4) is 0 Å². The van der Waals surface area contributed by atoms with Gasteiger partial charge in [-0.15, -0.1) is 0 Å². The van der Waals surface area contributed by atoms with Crippen LogP contribution in [-0.2, 0) is 22.3 Å². The first kappa shape index (κ1) is 25.5. The van der Waals surface area contributed by atoms with Gasteiger partial charge in [-0.1, -0.05) is 48.5 Å². The van der Waals surface area contributed by atoms with E-state index < -0.39 is 11.9 Å². The van der Waals surface area contributed by atoms with Gasteiger partial charge in [-0.05, 0) is 43.4 Å². The highest BCUT2D eigenvalue weighted by Crippen LogP contribution is 2.34. The summed E-state index contributed by atoms with van der Waals surface area (Å²) in [5.74, 6) is -0.0602. The molecule has 3 aromatic rings. The molecule has 1 saturated carbocycles. The molecule has 2 heterocycles. The number of aromatic nitrogens is 1. The summed E-state index contributed by atoms with van der Waals surface area (Å²) in [5, 5.41) is 7.18. The highest BCUT2D eigenvalue weighted by atomic mass is 19.4. The van der Waals surface area contributed by atoms with Crippen LogP contribution in [0.1, 0.15) is 36.9 Å². The van der Waals surface area contributed by atoms with Crippen LogP contribution in [0.3, 0.4) is 0 Å². The summed E-state index contributed by atoms with van der Waals surface area (Å²) < 4.78 is 46.0. The lowest BCUT2D eigenvalue weighted by Crippen LogP contribution is -2.55. The maximum absolute atomic E-state index is 13.5. The Bertz CT molecular complexity index is 1220. The van der Waals surface area contributed by atoms with Gasteiger partial charge in [0.25, 0.3) is 0 Å². The Labute approximate surface area is 214 Å². The molecule has 1 aliphatic heterocycles. The first-order chi connectivity index (χ1) is 17.9. The van der Waals surface area contributed by atoms with E-state index in [1.807, 2.05) is 18.2 Å². The van der Waals surface area contributed by atoms with Crippen molar-refractivity contribution in [1.29, 1.82) is 0 Å². The topological polar surface area (TPSA) is 66.5 Å². The maximum Gasteiger partial charge on any atom is 0.433 e. The molecule has 0 radical (unpaired) electrons. The summed E-state index contributed by atoms with van der Waals surface area (Å²) in [6, 6.07) is 17.5. The molecule has 9 heteroatoms. The summed E-state index contributed by atoms with van der Waals surface area (Å²) in [4.78, 5) is 19.2. The Morgan fingerprint density at radius 1 is 1.05 bits per heavy atom. The fraction of sp³-hybridized carbons (Fsp3) is 0.429. The quantitative estimate of drug-likeness (QED) is 0.487. The number of anilines is 1. The second kappa shape index (κ2) is 11.1. The second-order valence-electron chi connectivity index (χ2n) is 9.83. The molecule has 2 N–H and O–H groups in total. The Balaban J connectivity index is 1.26. The fourth-order valence-electron chi connectivity index (χ4n) is 5.30. The molecule has 3 atom stereocenters. The number of nitrogens with one attached hydrogen (secondary N) is 2. The van der Waals surface area contributed by atoms with Gasteiger partial charge in [-0.2, -0.15) is 13.2 Å². The third-order valence-corrected chi connectivity index (χ3v) is 7.16. The second-order valence-corrected chi connectivity index (χ2v) is 9.83. The lowest BCUT2D eigenvalue weighted by Gasteiger charge is -2.37. The summed E-state index contributed by atoms with van der Waals surface area (Å²) in [5.41, 5.74) is 0.956. The zero-order valence-corrected chi connectivity index (χ0v) is 20.5. The number of benzene rings is 2. The van der Waals surface area contributed by atoms with Crippen molar-refractivity contribution in [2.24, 2.45) is 0 Å². The molecule has 2 aliphatic rings. The van der Waals surface area contributed by atoms with E-state index in [0.29, 0.717) is 49.3 Å². The Morgan fingerprint density at radius 3 is 2.62 bits per heavy atom. The van der Waals surface area contributed by atoms with Gasteiger partial charge in [-0.25, -0.2) is 4.98 Å². The number of rotatable bonds is 6. The Kier molecular flexibility index (Phi) is 7.62. The Morgan fingerprint density at radius 2 is 1.81 bits per heavy atom. The fourth-order valence-corrected chi connectivity index (χ4v) is 5.30. The van der Waals surface area contributed by atoms with E-state index in [-0.39, 0.29) is 24.0 Å². The van der Waals surface area contributed by atoms with Crippen LogP contribution in [0.4, 0.5) is 18.9 Å². The number of alkyl halides is 3. The molecular weight excluding hydrogens is 481 g/mol. The predicted octanol–water partition coefficient (Wildman–Crippen LogP) is 4.99. The first-order valence-corrected chi connectivity index (χ1v) is 12.8. The SMILES string of the molecule is O=C(N[C@@H]1CCC[C@H](Nc2cc(C(F)(F)F)nc3ccccc23)C1)C1COCCN1Cc1ccccc1. The highest BCUT2D eigenvalue weighted by Gasteiger charge is 2.35. The number of ether oxygens (including phenoxy) is 1. The number of hydrogen-bond donors (Lipinski definition) is 2. The largest absolute Gasteiger partial charge is 0.433 e. The van der Waals surface area contributed by atoms with Gasteiger partial charge in [0.05, 0.1) is 18.7 Å². The van der Waals surface area contributed by atoms with Crippen LogP contribution in [-0.4, -0.2) is 53.7 Å². The predicted molar refractivity (Wildman–Crippen MR) is 136 cm³/mol. The molecule has 0 spiro atoms. The summed E-state index contributed by atoms with van der Waals surface area (Å²) >= 11 is 0. The van der Waals surface area contributed by atoms with Crippen LogP contribution in [0.15, 0.2) is 60.7 Å². The zero-order chi connectivity index (χ0) is 25.8. The van der Waals surface area contributed by atoms with E-state index in [9.17, 15) is 18.0 Å². The van der Waals surface area contributed by atoms with Crippen molar-refractivity contribution in [1.82, 2.24) is 15.2 Å². The molecule has 2 aromatic carbocycles. The number of carbonyl (C=O) groups excluding carboxylic acids is 1. The maximum atomic E-state index is 13.5. The number of fused-ring (bicyclic) bond motifs is 1. The minimum atomic E-state index is -4.53. The number of halogens is 3. The summed E-state index contributed by atoms with van der Waals surface area (Å²) in [6.07, 6.45) is -1.38. The number of carbonyl (C=O) groups is 1. The van der Waals surface area contributed by atoms with Gasteiger partial charge in [0.2, 0.25) is 5.91 Å². The molecule has 0 bridgehead atoms. The third-order valence-electron chi connectivity index (χ3n) is 7.16. The lowest BCUT2D eigenvalue weighted by molar-refractivity contribution is -0.141. The molecule has 1 unspecified atom stereocenters. The van der Waals surface area contributed by atoms with Crippen LogP contribution >= 0.6 is 0 Å². The van der Waals surface area contributed by atoms with Crippen molar-refractivity contribution in [3.05, 3.63) is 71.9 Å². The highest BCUT2D eigenvalue weighted by molar-refractivity contribution is 5.91. The van der Waals surface area contributed by atoms with Crippen LogP contribution in [0.25, 0.3) is 10.9 Å². The number of hydrogen-bond acceptors (Lipinski definition) is 5. The molecule has 6 nitrogen and oxygen atoms in total. The van der Waals surface area contributed by atoms with Crippen LogP contribution in [0.2, 0.25) is 0 Å². The van der Waals surface area contributed by atoms with Crippen LogP contribution in [0, 0.1) is 0 Å². The van der Waals surface area contributed by atoms with Gasteiger partial charge in [0.15, 0.2) is 0 Å². The number of pyridine rings is 1. The third kappa shape index (κ3) is 6.22. The molecule has 1 aromatic heterocycles. The molecule has 1 amide bonds. The van der Waals surface area contributed by atoms with Crippen LogP contribution in [0.5, 0.6) is 0 Å². The zero-order valence-electron chi connectivity index (χ0n) is 20.5. The Hall–Kier alpha value is -3.17. The van der Waals surface area contributed by atoms with Crippen LogP contribution < -0.4 is 10.6 Å². The van der Waals surface area contributed by atoms with Gasteiger partial charge >= 0.3 is 6.18 Å². The van der Waals surface area contributed by atoms with Crippen molar-refractivity contribution in [3.63, 3.8) is 0 Å². The van der Waals surface area contributed by atoms with E-state index in [2.05, 4.69) is 32.7 Å². The van der Waals surface area contributed by atoms with Gasteiger partial charge in [0.1, 0.15) is 11.7 Å². The molecule has 1 aliphatic carbocycles. The van der Waals surface area contributed by atoms with E-state index in [4.69, 9.17) is 4.74 Å². The number of nitrogens with zero attached hydrogens (tertiary/aromatic N) is 2. The molecule has 5 rings (SSSR count). The first-order valence-electron chi connectivity index (χ1n) is 12.8. The van der Waals surface area contributed by atoms with Gasteiger partial charge in [-0.3, -0.25) is 9.69 Å².